The summed E-state index contributed by atoms with van der Waals surface area (Å²) in [6, 6.07) is 14.9. The van der Waals surface area contributed by atoms with E-state index in [2.05, 4.69) is 37.4 Å². The summed E-state index contributed by atoms with van der Waals surface area (Å²) in [5, 5.41) is 7.32. The molecule has 0 bridgehead atoms. The number of rotatable bonds is 10. The van der Waals surface area contributed by atoms with Gasteiger partial charge in [0.1, 0.15) is 24.5 Å². The lowest BCUT2D eigenvalue weighted by Crippen LogP contribution is -2.27. The molecule has 206 valence electrons. The number of halogens is 1. The van der Waals surface area contributed by atoms with Crippen LogP contribution in [0.1, 0.15) is 25.5 Å². The molecule has 0 aliphatic carbocycles. The van der Waals surface area contributed by atoms with Crippen molar-refractivity contribution < 1.29 is 14.3 Å². The van der Waals surface area contributed by atoms with Crippen LogP contribution in [-0.4, -0.2) is 52.0 Å². The van der Waals surface area contributed by atoms with Crippen molar-refractivity contribution in [2.45, 2.75) is 32.4 Å². The van der Waals surface area contributed by atoms with E-state index >= 15 is 0 Å². The van der Waals surface area contributed by atoms with Crippen LogP contribution in [0.5, 0.6) is 11.5 Å². The van der Waals surface area contributed by atoms with Gasteiger partial charge in [0.25, 0.3) is 0 Å². The minimum atomic E-state index is -0.222. The Bertz CT molecular complexity index is 1510. The molecule has 1 aliphatic rings. The summed E-state index contributed by atoms with van der Waals surface area (Å²) in [6.07, 6.45) is 8.97. The average molecular weight is 559 g/mol. The van der Waals surface area contributed by atoms with E-state index in [0.29, 0.717) is 51.2 Å². The minimum absolute atomic E-state index is 0.222. The molecule has 4 aromatic rings. The van der Waals surface area contributed by atoms with Crippen molar-refractivity contribution in [3.05, 3.63) is 83.9 Å². The molecular formula is C30H31ClN6O3. The quantitative estimate of drug-likeness (QED) is 0.229. The number of amides is 1. The van der Waals surface area contributed by atoms with Crippen LogP contribution in [0.2, 0.25) is 5.02 Å². The third-order valence-electron chi connectivity index (χ3n) is 6.80. The van der Waals surface area contributed by atoms with Crippen LogP contribution in [0, 0.1) is 0 Å². The third kappa shape index (κ3) is 6.32. The number of hydrogen-bond donors (Lipinski definition) is 2. The zero-order valence-electron chi connectivity index (χ0n) is 22.4. The number of ether oxygens (including phenoxy) is 2. The highest BCUT2D eigenvalue weighted by Crippen LogP contribution is 2.38. The molecule has 40 heavy (non-hydrogen) atoms. The standard InChI is InChI=1S/C30H31ClN6O3/c1-3-37-16-6-8-22(37)10-14-27(38)36-25-12-11-24-28(29(25)39-2)30(34-19-33-24)35-20-9-13-26(23(31)17-20)40-18-21-7-4-5-15-32-21/h4-5,7,9-15,17,19,22H,3,6,8,16,18H2,1-2H3,(H,36,38)(H,33,34,35)/b14-10+. The number of anilines is 3. The summed E-state index contributed by atoms with van der Waals surface area (Å²) in [6.45, 7) is 4.48. The normalized spacial score (nSPS) is 15.4. The van der Waals surface area contributed by atoms with Gasteiger partial charge >= 0.3 is 0 Å². The molecule has 2 aromatic carbocycles. The van der Waals surface area contributed by atoms with E-state index in [0.717, 1.165) is 31.6 Å². The Balaban J connectivity index is 1.35. The highest BCUT2D eigenvalue weighted by atomic mass is 35.5. The maximum atomic E-state index is 12.8. The summed E-state index contributed by atoms with van der Waals surface area (Å²) in [4.78, 5) is 28.3. The molecule has 1 aliphatic heterocycles. The van der Waals surface area contributed by atoms with E-state index < -0.39 is 0 Å². The molecule has 2 N–H and O–H groups in total. The first kappa shape index (κ1) is 27.4. The van der Waals surface area contributed by atoms with Crippen LogP contribution in [-0.2, 0) is 11.4 Å². The van der Waals surface area contributed by atoms with Crippen molar-refractivity contribution in [2.24, 2.45) is 0 Å². The molecule has 0 saturated carbocycles. The largest absolute Gasteiger partial charge is 0.494 e. The van der Waals surface area contributed by atoms with E-state index in [4.69, 9.17) is 21.1 Å². The zero-order valence-corrected chi connectivity index (χ0v) is 23.2. The number of nitrogens with zero attached hydrogens (tertiary/aromatic N) is 4. The van der Waals surface area contributed by atoms with Gasteiger partial charge in [-0.15, -0.1) is 0 Å². The molecule has 0 radical (unpaired) electrons. The van der Waals surface area contributed by atoms with Crippen molar-refractivity contribution >= 4 is 45.6 Å². The van der Waals surface area contributed by atoms with Gasteiger partial charge < -0.3 is 20.1 Å². The maximum absolute atomic E-state index is 12.8. The Morgan fingerprint density at radius 3 is 2.85 bits per heavy atom. The smallest absolute Gasteiger partial charge is 0.248 e. The summed E-state index contributed by atoms with van der Waals surface area (Å²) in [7, 11) is 1.55. The maximum Gasteiger partial charge on any atom is 0.248 e. The van der Waals surface area contributed by atoms with Gasteiger partial charge in [0.15, 0.2) is 5.75 Å². The Hall–Kier alpha value is -4.21. The first-order valence-corrected chi connectivity index (χ1v) is 13.6. The van der Waals surface area contributed by atoms with E-state index in [1.165, 1.54) is 6.33 Å². The number of likely N-dealkylation sites (N-methyl/N-ethyl adjacent to an activating group) is 1. The molecule has 9 nitrogen and oxygen atoms in total. The number of aromatic nitrogens is 3. The van der Waals surface area contributed by atoms with Crippen molar-refractivity contribution in [3.8, 4) is 11.5 Å². The number of carbonyl (C=O) groups is 1. The van der Waals surface area contributed by atoms with Crippen LogP contribution in [0.3, 0.4) is 0 Å². The second-order valence-electron chi connectivity index (χ2n) is 9.33. The summed E-state index contributed by atoms with van der Waals surface area (Å²) in [5.74, 6) is 1.29. The van der Waals surface area contributed by atoms with Crippen LogP contribution >= 0.6 is 11.6 Å². The fraction of sp³-hybridized carbons (Fsp3) is 0.267. The van der Waals surface area contributed by atoms with E-state index in [-0.39, 0.29) is 11.9 Å². The number of methoxy groups -OCH3 is 1. The van der Waals surface area contributed by atoms with Crippen LogP contribution in [0.25, 0.3) is 10.9 Å². The highest BCUT2D eigenvalue weighted by Gasteiger charge is 2.21. The van der Waals surface area contributed by atoms with Gasteiger partial charge in [0.05, 0.1) is 34.4 Å². The first-order chi connectivity index (χ1) is 19.6. The van der Waals surface area contributed by atoms with Crippen molar-refractivity contribution in [3.63, 3.8) is 0 Å². The van der Waals surface area contributed by atoms with Crippen molar-refractivity contribution in [2.75, 3.05) is 30.8 Å². The summed E-state index contributed by atoms with van der Waals surface area (Å²) < 4.78 is 11.6. The minimum Gasteiger partial charge on any atom is -0.494 e. The molecule has 1 unspecified atom stereocenters. The molecule has 1 fully saturated rings. The fourth-order valence-corrected chi connectivity index (χ4v) is 5.07. The molecule has 0 spiro atoms. The number of pyridine rings is 1. The Labute approximate surface area is 238 Å². The molecule has 2 aromatic heterocycles. The van der Waals surface area contributed by atoms with Crippen LogP contribution in [0.4, 0.5) is 17.2 Å². The monoisotopic (exact) mass is 558 g/mol. The summed E-state index contributed by atoms with van der Waals surface area (Å²) >= 11 is 6.52. The van der Waals surface area contributed by atoms with Gasteiger partial charge in [0, 0.05) is 24.0 Å². The Morgan fingerprint density at radius 2 is 2.08 bits per heavy atom. The number of likely N-dealkylation sites (tertiary alicyclic amines) is 1. The number of benzene rings is 2. The zero-order chi connectivity index (χ0) is 27.9. The van der Waals surface area contributed by atoms with E-state index in [1.54, 1.807) is 37.6 Å². The predicted octanol–water partition coefficient (Wildman–Crippen LogP) is 5.99. The average Bonchev–Trinajstić information content (AvgIpc) is 3.44. The predicted molar refractivity (Wildman–Crippen MR) is 157 cm³/mol. The molecular weight excluding hydrogens is 528 g/mol. The topological polar surface area (TPSA) is 102 Å². The fourth-order valence-electron chi connectivity index (χ4n) is 4.83. The first-order valence-electron chi connectivity index (χ1n) is 13.2. The number of carbonyl (C=O) groups excluding carboxylic acids is 1. The molecule has 1 saturated heterocycles. The lowest BCUT2D eigenvalue weighted by atomic mass is 10.1. The number of nitrogens with one attached hydrogen (secondary N) is 2. The third-order valence-corrected chi connectivity index (χ3v) is 7.10. The van der Waals surface area contributed by atoms with Crippen LogP contribution in [0.15, 0.2) is 73.2 Å². The number of fused-ring (bicyclic) bond motifs is 1. The van der Waals surface area contributed by atoms with Crippen LogP contribution < -0.4 is 20.1 Å². The van der Waals surface area contributed by atoms with Gasteiger partial charge in [-0.1, -0.05) is 30.7 Å². The van der Waals surface area contributed by atoms with E-state index in [1.807, 2.05) is 36.4 Å². The second kappa shape index (κ2) is 12.8. The van der Waals surface area contributed by atoms with Gasteiger partial charge in [-0.25, -0.2) is 9.97 Å². The second-order valence-corrected chi connectivity index (χ2v) is 9.74. The lowest BCUT2D eigenvalue weighted by Gasteiger charge is -2.19. The van der Waals surface area contributed by atoms with Gasteiger partial charge in [-0.05, 0) is 68.4 Å². The van der Waals surface area contributed by atoms with Crippen molar-refractivity contribution in [1.82, 2.24) is 19.9 Å². The molecule has 1 amide bonds. The van der Waals surface area contributed by atoms with Gasteiger partial charge in [0.2, 0.25) is 5.91 Å². The van der Waals surface area contributed by atoms with E-state index in [9.17, 15) is 4.79 Å². The Morgan fingerprint density at radius 1 is 1.18 bits per heavy atom. The number of hydrogen-bond acceptors (Lipinski definition) is 8. The molecule has 10 heteroatoms. The SMILES string of the molecule is CCN1CCCC1/C=C/C(=O)Nc1ccc2ncnc(Nc3ccc(OCc4ccccn4)c(Cl)c3)c2c1OC. The summed E-state index contributed by atoms with van der Waals surface area (Å²) in [5.41, 5.74) is 2.69. The lowest BCUT2D eigenvalue weighted by molar-refractivity contribution is -0.112. The molecule has 1 atom stereocenters. The van der Waals surface area contributed by atoms with Crippen molar-refractivity contribution in [1.29, 1.82) is 0 Å². The van der Waals surface area contributed by atoms with Gasteiger partial charge in [-0.3, -0.25) is 14.7 Å². The molecule has 3 heterocycles. The van der Waals surface area contributed by atoms with Gasteiger partial charge in [-0.2, -0.15) is 0 Å². The highest BCUT2D eigenvalue weighted by molar-refractivity contribution is 6.32. The molecule has 5 rings (SSSR count). The Kier molecular flexibility index (Phi) is 8.73.